The fraction of sp³-hybridized carbons (Fsp3) is 0.417. The molecule has 17 heteroatoms. The molecule has 41 heavy (non-hydrogen) atoms. The zero-order chi connectivity index (χ0) is 30.0. The monoisotopic (exact) mass is 636 g/mol. The molecule has 14 nitrogen and oxygen atoms in total. The van der Waals surface area contributed by atoms with Crippen LogP contribution in [0.1, 0.15) is 54.4 Å². The number of halogens is 1. The molecule has 1 aromatic rings. The maximum Gasteiger partial charge on any atom is 0.524 e. The van der Waals surface area contributed by atoms with Gasteiger partial charge >= 0.3 is 21.6 Å². The SMILES string of the molecule is O=C1OCCC=CCC/C=C/C(NOCC(=O)N2CCCCC2)=C/c2c(Cl)c(OP(=O)(O)O)cc(OP(=O)(O)O)c21. The molecule has 0 atom stereocenters. The van der Waals surface area contributed by atoms with Gasteiger partial charge in [0.05, 0.1) is 17.3 Å². The summed E-state index contributed by atoms with van der Waals surface area (Å²) in [5, 5.41) is -0.512. The van der Waals surface area contributed by atoms with E-state index in [1.807, 2.05) is 6.08 Å². The summed E-state index contributed by atoms with van der Waals surface area (Å²) in [5.74, 6) is -2.89. The molecular weight excluding hydrogens is 606 g/mol. The van der Waals surface area contributed by atoms with Gasteiger partial charge < -0.3 is 18.7 Å². The van der Waals surface area contributed by atoms with E-state index in [-0.39, 0.29) is 30.4 Å². The van der Waals surface area contributed by atoms with Crippen molar-refractivity contribution < 1.29 is 56.9 Å². The number of nitrogens with one attached hydrogen (secondary N) is 1. The second kappa shape index (κ2) is 15.0. The van der Waals surface area contributed by atoms with E-state index in [9.17, 15) is 38.3 Å². The second-order valence-corrected chi connectivity index (χ2v) is 11.7. The molecule has 0 unspecified atom stereocenters. The summed E-state index contributed by atoms with van der Waals surface area (Å²) in [7, 11) is -10.5. The number of hydrogen-bond donors (Lipinski definition) is 5. The van der Waals surface area contributed by atoms with Crippen molar-refractivity contribution in [1.29, 1.82) is 0 Å². The van der Waals surface area contributed by atoms with E-state index < -0.39 is 43.7 Å². The highest BCUT2D eigenvalue weighted by atomic mass is 35.5. The Morgan fingerprint density at radius 2 is 1.61 bits per heavy atom. The third kappa shape index (κ3) is 10.9. The highest BCUT2D eigenvalue weighted by molar-refractivity contribution is 7.47. The minimum atomic E-state index is -5.31. The van der Waals surface area contributed by atoms with Crippen LogP contribution in [0.5, 0.6) is 11.5 Å². The largest absolute Gasteiger partial charge is 0.524 e. The number of fused-ring (bicyclic) bond motifs is 1. The zero-order valence-electron chi connectivity index (χ0n) is 21.8. The fourth-order valence-corrected chi connectivity index (χ4v) is 5.08. The summed E-state index contributed by atoms with van der Waals surface area (Å²) in [6.45, 7) is 0.807. The lowest BCUT2D eigenvalue weighted by Gasteiger charge is -2.26. The van der Waals surface area contributed by atoms with Crippen molar-refractivity contribution in [3.8, 4) is 11.5 Å². The first-order valence-corrected chi connectivity index (χ1v) is 16.0. The third-order valence-electron chi connectivity index (χ3n) is 5.75. The summed E-state index contributed by atoms with van der Waals surface area (Å²) in [6, 6.07) is 0.661. The number of ether oxygens (including phenoxy) is 1. The van der Waals surface area contributed by atoms with Crippen LogP contribution in [-0.4, -0.2) is 62.7 Å². The molecule has 2 heterocycles. The fourth-order valence-electron chi connectivity index (χ4n) is 3.98. The van der Waals surface area contributed by atoms with Crippen molar-refractivity contribution in [2.75, 3.05) is 26.3 Å². The molecule has 0 aliphatic carbocycles. The number of carbonyl (C=O) groups is 2. The predicted octanol–water partition coefficient (Wildman–Crippen LogP) is 3.61. The average molecular weight is 637 g/mol. The van der Waals surface area contributed by atoms with Crippen LogP contribution in [0.25, 0.3) is 6.08 Å². The van der Waals surface area contributed by atoms with Gasteiger partial charge in [0.1, 0.15) is 5.56 Å². The molecule has 0 radical (unpaired) electrons. The lowest BCUT2D eigenvalue weighted by molar-refractivity contribution is -0.139. The Balaban J connectivity index is 2.09. The third-order valence-corrected chi connectivity index (χ3v) is 7.00. The number of hydrogen-bond acceptors (Lipinski definition) is 9. The standard InChI is InChI=1S/C24H31ClN2O12P2/c25-23-18-14-17(26-37-16-21(28)27-11-7-5-8-12-27)10-6-3-1-2-4-9-13-36-24(29)22(18)19(38-40(30,31)32)15-20(23)39-41(33,34)35/h2,4,6,10,14-15,26H,1,3,5,7-9,11-13,16H2,(H2,30,31,32)(H2,33,34,35)/b4-2?,10-6+,17-14-. The first-order valence-electron chi connectivity index (χ1n) is 12.6. The molecule has 1 fully saturated rings. The number of amides is 1. The van der Waals surface area contributed by atoms with Gasteiger partial charge in [-0.15, -0.1) is 0 Å². The highest BCUT2D eigenvalue weighted by Gasteiger charge is 2.31. The van der Waals surface area contributed by atoms with Gasteiger partial charge in [0.2, 0.25) is 0 Å². The summed E-state index contributed by atoms with van der Waals surface area (Å²) in [5.41, 5.74) is 1.83. The predicted molar refractivity (Wildman–Crippen MR) is 147 cm³/mol. The number of cyclic esters (lactones) is 1. The quantitative estimate of drug-likeness (QED) is 0.120. The number of piperidine rings is 1. The Hall–Kier alpha value is -2.67. The molecule has 0 saturated carbocycles. The van der Waals surface area contributed by atoms with E-state index in [0.717, 1.165) is 19.3 Å². The van der Waals surface area contributed by atoms with Gasteiger partial charge in [0, 0.05) is 24.7 Å². The van der Waals surface area contributed by atoms with Gasteiger partial charge in [-0.3, -0.25) is 34.7 Å². The number of esters is 1. The number of nitrogens with zero attached hydrogens (tertiary/aromatic N) is 1. The Kier molecular flexibility index (Phi) is 12.0. The van der Waals surface area contributed by atoms with Gasteiger partial charge in [0.25, 0.3) is 5.91 Å². The number of allylic oxidation sites excluding steroid dienone is 3. The maximum absolute atomic E-state index is 13.1. The first-order chi connectivity index (χ1) is 19.3. The maximum atomic E-state index is 13.1. The summed E-state index contributed by atoms with van der Waals surface area (Å²) >= 11 is 6.41. The van der Waals surface area contributed by atoms with Crippen LogP contribution in [0.15, 0.2) is 36.1 Å². The van der Waals surface area contributed by atoms with Crippen LogP contribution in [0.3, 0.4) is 0 Å². The van der Waals surface area contributed by atoms with Gasteiger partial charge in [0.15, 0.2) is 18.1 Å². The Morgan fingerprint density at radius 1 is 0.976 bits per heavy atom. The Bertz CT molecular complexity index is 1300. The lowest BCUT2D eigenvalue weighted by Crippen LogP contribution is -2.39. The molecule has 2 aliphatic heterocycles. The Labute approximate surface area is 241 Å². The average Bonchev–Trinajstić information content (AvgIpc) is 2.88. The van der Waals surface area contributed by atoms with E-state index in [1.165, 1.54) is 12.2 Å². The lowest BCUT2D eigenvalue weighted by atomic mass is 10.0. The second-order valence-electron chi connectivity index (χ2n) is 8.95. The molecule has 1 saturated heterocycles. The van der Waals surface area contributed by atoms with Crippen LogP contribution in [0, 0.1) is 0 Å². The number of likely N-dealkylation sites (tertiary alicyclic amines) is 1. The molecule has 226 valence electrons. The molecule has 3 rings (SSSR count). The molecule has 0 bridgehead atoms. The van der Waals surface area contributed by atoms with Crippen LogP contribution >= 0.6 is 27.2 Å². The zero-order valence-corrected chi connectivity index (χ0v) is 24.4. The smallest absolute Gasteiger partial charge is 0.462 e. The Morgan fingerprint density at radius 3 is 2.29 bits per heavy atom. The van der Waals surface area contributed by atoms with Crippen LogP contribution in [0.2, 0.25) is 5.02 Å². The molecule has 5 N–H and O–H groups in total. The molecule has 2 aliphatic rings. The number of benzene rings is 1. The van der Waals surface area contributed by atoms with Gasteiger partial charge in [-0.1, -0.05) is 29.8 Å². The van der Waals surface area contributed by atoms with Crippen LogP contribution < -0.4 is 14.5 Å². The van der Waals surface area contributed by atoms with E-state index >= 15 is 0 Å². The van der Waals surface area contributed by atoms with Crippen molar-refractivity contribution >= 4 is 45.2 Å². The van der Waals surface area contributed by atoms with E-state index in [2.05, 4.69) is 14.5 Å². The minimum Gasteiger partial charge on any atom is -0.462 e. The van der Waals surface area contributed by atoms with E-state index in [1.54, 1.807) is 17.1 Å². The van der Waals surface area contributed by atoms with Crippen LogP contribution in [0.4, 0.5) is 0 Å². The minimum absolute atomic E-state index is 0.102. The van der Waals surface area contributed by atoms with Gasteiger partial charge in [-0.2, -0.15) is 0 Å². The van der Waals surface area contributed by atoms with Crippen molar-refractivity contribution in [1.82, 2.24) is 10.4 Å². The molecule has 1 amide bonds. The van der Waals surface area contributed by atoms with Crippen molar-refractivity contribution in [3.05, 3.63) is 52.2 Å². The molecule has 0 spiro atoms. The summed E-state index contributed by atoms with van der Waals surface area (Å²) in [4.78, 5) is 70.4. The number of carbonyl (C=O) groups excluding carboxylic acids is 2. The molecule has 0 aromatic heterocycles. The number of phosphoric ester groups is 2. The molecule has 1 aromatic carbocycles. The first kappa shape index (κ1) is 32.8. The van der Waals surface area contributed by atoms with Crippen molar-refractivity contribution in [3.63, 3.8) is 0 Å². The topological polar surface area (TPSA) is 201 Å². The highest BCUT2D eigenvalue weighted by Crippen LogP contribution is 2.49. The number of rotatable bonds is 8. The summed E-state index contributed by atoms with van der Waals surface area (Å²) < 4.78 is 37.8. The number of hydroxylamine groups is 1. The molecular formula is C24H31ClN2O12P2. The van der Waals surface area contributed by atoms with E-state index in [4.69, 9.17) is 21.2 Å². The van der Waals surface area contributed by atoms with E-state index in [0.29, 0.717) is 38.4 Å². The van der Waals surface area contributed by atoms with Gasteiger partial charge in [-0.25, -0.2) is 13.9 Å². The van der Waals surface area contributed by atoms with Crippen molar-refractivity contribution in [2.45, 2.75) is 38.5 Å². The summed E-state index contributed by atoms with van der Waals surface area (Å²) in [6.07, 6.45) is 12.6. The van der Waals surface area contributed by atoms with Crippen LogP contribution in [-0.2, 0) is 23.5 Å². The van der Waals surface area contributed by atoms with Gasteiger partial charge in [-0.05, 0) is 50.7 Å². The number of phosphoric acid groups is 2. The normalized spacial score (nSPS) is 19.2. The van der Waals surface area contributed by atoms with Crippen molar-refractivity contribution in [2.24, 2.45) is 0 Å².